The Balaban J connectivity index is 1.92. The molecule has 1 aromatic rings. The summed E-state index contributed by atoms with van der Waals surface area (Å²) in [7, 11) is 0. The molecular formula is C15H19NO5. The molecule has 1 aromatic carbocycles. The van der Waals surface area contributed by atoms with Gasteiger partial charge in [0, 0.05) is 6.54 Å². The zero-order valence-corrected chi connectivity index (χ0v) is 12.1. The number of carbonyl (C=O) groups is 2. The highest BCUT2D eigenvalue weighted by atomic mass is 16.6. The van der Waals surface area contributed by atoms with Crippen LogP contribution in [0.1, 0.15) is 19.4 Å². The molecule has 0 saturated carbocycles. The Bertz CT molecular complexity index is 553. The molecule has 1 aliphatic heterocycles. The second kappa shape index (κ2) is 6.03. The fraction of sp³-hybridized carbons (Fsp3) is 0.467. The molecule has 0 bridgehead atoms. The molecule has 0 spiro atoms. The summed E-state index contributed by atoms with van der Waals surface area (Å²) in [6, 6.07) is 5.35. The van der Waals surface area contributed by atoms with E-state index in [1.54, 1.807) is 32.0 Å². The topological polar surface area (TPSA) is 84.9 Å². The number of carboxylic acids is 1. The Hall–Kier alpha value is -2.24. The second-order valence-electron chi connectivity index (χ2n) is 5.62. The van der Waals surface area contributed by atoms with E-state index < -0.39 is 11.4 Å². The number of ether oxygens (including phenoxy) is 2. The average molecular weight is 293 g/mol. The fourth-order valence-corrected chi connectivity index (χ4v) is 1.84. The summed E-state index contributed by atoms with van der Waals surface area (Å²) in [5.74, 6) is 0.151. The van der Waals surface area contributed by atoms with Crippen LogP contribution in [-0.2, 0) is 16.0 Å². The van der Waals surface area contributed by atoms with Crippen molar-refractivity contribution >= 4 is 11.9 Å². The summed E-state index contributed by atoms with van der Waals surface area (Å²) in [4.78, 5) is 22.8. The lowest BCUT2D eigenvalue weighted by molar-refractivity contribution is -0.146. The SMILES string of the molecule is CC(C)(CNC(=O)Cc1ccc2c(c1)OCCO2)C(=O)O. The van der Waals surface area contributed by atoms with Gasteiger partial charge in [-0.2, -0.15) is 0 Å². The number of aliphatic carboxylic acids is 1. The van der Waals surface area contributed by atoms with E-state index in [0.717, 1.165) is 5.56 Å². The van der Waals surface area contributed by atoms with Crippen LogP contribution in [0.25, 0.3) is 0 Å². The van der Waals surface area contributed by atoms with Crippen molar-refractivity contribution in [1.29, 1.82) is 0 Å². The van der Waals surface area contributed by atoms with Crippen LogP contribution < -0.4 is 14.8 Å². The van der Waals surface area contributed by atoms with Crippen molar-refractivity contribution in [3.05, 3.63) is 23.8 Å². The van der Waals surface area contributed by atoms with E-state index in [1.807, 2.05) is 0 Å². The molecule has 0 aliphatic carbocycles. The Morgan fingerprint density at radius 1 is 1.24 bits per heavy atom. The summed E-state index contributed by atoms with van der Waals surface area (Å²) in [5, 5.41) is 11.6. The largest absolute Gasteiger partial charge is 0.486 e. The molecule has 114 valence electrons. The summed E-state index contributed by atoms with van der Waals surface area (Å²) in [6.07, 6.45) is 0.173. The Morgan fingerprint density at radius 3 is 2.57 bits per heavy atom. The summed E-state index contributed by atoms with van der Waals surface area (Å²) >= 11 is 0. The first-order valence-corrected chi connectivity index (χ1v) is 6.77. The minimum absolute atomic E-state index is 0.0890. The van der Waals surface area contributed by atoms with Crippen LogP contribution >= 0.6 is 0 Å². The van der Waals surface area contributed by atoms with E-state index in [9.17, 15) is 9.59 Å². The molecule has 0 radical (unpaired) electrons. The van der Waals surface area contributed by atoms with E-state index in [0.29, 0.717) is 24.7 Å². The van der Waals surface area contributed by atoms with Crippen LogP contribution in [0.2, 0.25) is 0 Å². The third-order valence-electron chi connectivity index (χ3n) is 3.28. The van der Waals surface area contributed by atoms with Crippen LogP contribution in [0.5, 0.6) is 11.5 Å². The molecule has 1 amide bonds. The maximum atomic E-state index is 11.9. The predicted octanol–water partition coefficient (Wildman–Crippen LogP) is 1.23. The lowest BCUT2D eigenvalue weighted by Gasteiger charge is -2.20. The summed E-state index contributed by atoms with van der Waals surface area (Å²) in [6.45, 7) is 4.25. The molecule has 21 heavy (non-hydrogen) atoms. The molecule has 0 fully saturated rings. The van der Waals surface area contributed by atoms with Crippen LogP contribution in [0, 0.1) is 5.41 Å². The van der Waals surface area contributed by atoms with Crippen LogP contribution in [0.3, 0.4) is 0 Å². The minimum atomic E-state index is -0.984. The number of carboxylic acid groups (broad SMARTS) is 1. The van der Waals surface area contributed by atoms with Crippen LogP contribution in [0.4, 0.5) is 0 Å². The molecule has 0 atom stereocenters. The maximum Gasteiger partial charge on any atom is 0.310 e. The van der Waals surface area contributed by atoms with Gasteiger partial charge in [-0.25, -0.2) is 0 Å². The van der Waals surface area contributed by atoms with Gasteiger partial charge in [-0.05, 0) is 31.5 Å². The van der Waals surface area contributed by atoms with Gasteiger partial charge in [0.25, 0.3) is 0 Å². The first-order valence-electron chi connectivity index (χ1n) is 6.77. The van der Waals surface area contributed by atoms with Gasteiger partial charge in [-0.1, -0.05) is 6.07 Å². The van der Waals surface area contributed by atoms with E-state index in [-0.39, 0.29) is 18.9 Å². The average Bonchev–Trinajstić information content (AvgIpc) is 2.45. The quantitative estimate of drug-likeness (QED) is 0.853. The van der Waals surface area contributed by atoms with Crippen molar-refractivity contribution in [3.8, 4) is 11.5 Å². The van der Waals surface area contributed by atoms with Crippen molar-refractivity contribution in [3.63, 3.8) is 0 Å². The summed E-state index contributed by atoms with van der Waals surface area (Å²) < 4.78 is 10.9. The van der Waals surface area contributed by atoms with E-state index in [1.165, 1.54) is 0 Å². The van der Waals surface area contributed by atoms with Gasteiger partial charge in [0.1, 0.15) is 13.2 Å². The predicted molar refractivity (Wildman–Crippen MR) is 75.6 cm³/mol. The number of amides is 1. The standard InChI is InChI=1S/C15H19NO5/c1-15(2,14(18)19)9-16-13(17)8-10-3-4-11-12(7-10)21-6-5-20-11/h3-4,7H,5-6,8-9H2,1-2H3,(H,16,17)(H,18,19). The number of hydrogen-bond donors (Lipinski definition) is 2. The number of rotatable bonds is 5. The van der Waals surface area contributed by atoms with E-state index in [2.05, 4.69) is 5.32 Å². The molecule has 1 aliphatic rings. The number of nitrogens with one attached hydrogen (secondary N) is 1. The van der Waals surface area contributed by atoms with Crippen LogP contribution in [0.15, 0.2) is 18.2 Å². The number of fused-ring (bicyclic) bond motifs is 1. The number of benzene rings is 1. The van der Waals surface area contributed by atoms with E-state index in [4.69, 9.17) is 14.6 Å². The summed E-state index contributed by atoms with van der Waals surface area (Å²) in [5.41, 5.74) is -0.187. The van der Waals surface area contributed by atoms with Gasteiger partial charge in [0.2, 0.25) is 5.91 Å². The monoisotopic (exact) mass is 293 g/mol. The van der Waals surface area contributed by atoms with Crippen molar-refractivity contribution in [2.45, 2.75) is 20.3 Å². The molecule has 6 heteroatoms. The first kappa shape index (κ1) is 15.2. The highest BCUT2D eigenvalue weighted by molar-refractivity contribution is 5.80. The fourth-order valence-electron chi connectivity index (χ4n) is 1.84. The van der Waals surface area contributed by atoms with Crippen molar-refractivity contribution in [2.24, 2.45) is 5.41 Å². The molecule has 0 unspecified atom stereocenters. The van der Waals surface area contributed by atoms with Gasteiger partial charge in [0.05, 0.1) is 11.8 Å². The highest BCUT2D eigenvalue weighted by Crippen LogP contribution is 2.30. The Morgan fingerprint density at radius 2 is 1.90 bits per heavy atom. The van der Waals surface area contributed by atoms with Gasteiger partial charge < -0.3 is 19.9 Å². The highest BCUT2D eigenvalue weighted by Gasteiger charge is 2.27. The van der Waals surface area contributed by atoms with Crippen LogP contribution in [-0.4, -0.2) is 36.7 Å². The minimum Gasteiger partial charge on any atom is -0.486 e. The van der Waals surface area contributed by atoms with Gasteiger partial charge in [-0.15, -0.1) is 0 Å². The second-order valence-corrected chi connectivity index (χ2v) is 5.62. The molecule has 0 aromatic heterocycles. The zero-order valence-electron chi connectivity index (χ0n) is 12.1. The van der Waals surface area contributed by atoms with Gasteiger partial charge >= 0.3 is 5.97 Å². The third kappa shape index (κ3) is 3.87. The number of carbonyl (C=O) groups excluding carboxylic acids is 1. The Labute approximate surface area is 123 Å². The van der Waals surface area contributed by atoms with Gasteiger partial charge in [0.15, 0.2) is 11.5 Å². The number of hydrogen-bond acceptors (Lipinski definition) is 4. The lowest BCUT2D eigenvalue weighted by atomic mass is 9.94. The maximum absolute atomic E-state index is 11.9. The zero-order chi connectivity index (χ0) is 15.5. The van der Waals surface area contributed by atoms with Gasteiger partial charge in [-0.3, -0.25) is 9.59 Å². The third-order valence-corrected chi connectivity index (χ3v) is 3.28. The Kier molecular flexibility index (Phi) is 4.35. The first-order chi connectivity index (χ1) is 9.88. The normalized spacial score (nSPS) is 13.6. The molecule has 2 rings (SSSR count). The van der Waals surface area contributed by atoms with Crippen molar-refractivity contribution in [2.75, 3.05) is 19.8 Å². The lowest BCUT2D eigenvalue weighted by Crippen LogP contribution is -2.39. The molecule has 2 N–H and O–H groups in total. The molecule has 0 saturated heterocycles. The van der Waals surface area contributed by atoms with Crippen molar-refractivity contribution in [1.82, 2.24) is 5.32 Å². The molecule has 6 nitrogen and oxygen atoms in total. The van der Waals surface area contributed by atoms with E-state index >= 15 is 0 Å². The molecule has 1 heterocycles. The van der Waals surface area contributed by atoms with Crippen molar-refractivity contribution < 1.29 is 24.2 Å². The molecular weight excluding hydrogens is 274 g/mol. The smallest absolute Gasteiger partial charge is 0.310 e.